The zero-order valence-electron chi connectivity index (χ0n) is 11.4. The van der Waals surface area contributed by atoms with Crippen LogP contribution in [0, 0.1) is 11.8 Å². The molecule has 0 aliphatic rings. The highest BCUT2D eigenvalue weighted by Gasteiger charge is 2.24. The molecule has 0 radical (unpaired) electrons. The van der Waals surface area contributed by atoms with Crippen LogP contribution >= 0.6 is 0 Å². The molecule has 0 aliphatic heterocycles. The Balaban J connectivity index is 2.66. The second-order valence-electron chi connectivity index (χ2n) is 4.64. The second kappa shape index (κ2) is 7.00. The molecule has 0 bridgehead atoms. The van der Waals surface area contributed by atoms with Crippen molar-refractivity contribution in [3.8, 4) is 0 Å². The highest BCUT2D eigenvalue weighted by Crippen LogP contribution is 2.23. The zero-order valence-corrected chi connectivity index (χ0v) is 11.4. The van der Waals surface area contributed by atoms with E-state index in [0.717, 1.165) is 12.0 Å². The number of carbonyl (C=O) groups is 1. The molecule has 2 nitrogen and oxygen atoms in total. The Kier molecular flexibility index (Phi) is 5.63. The summed E-state index contributed by atoms with van der Waals surface area (Å²) in [5.74, 6) is -0.144. The minimum atomic E-state index is -0.221. The predicted octanol–water partition coefficient (Wildman–Crippen LogP) is 4.14. The van der Waals surface area contributed by atoms with Gasteiger partial charge in [0.05, 0.1) is 5.92 Å². The molecular formula is C16H22O2. The van der Waals surface area contributed by atoms with Crippen molar-refractivity contribution < 1.29 is 9.53 Å². The van der Waals surface area contributed by atoms with Crippen molar-refractivity contribution in [1.29, 1.82) is 0 Å². The summed E-state index contributed by atoms with van der Waals surface area (Å²) in [4.78, 5) is 12.1. The summed E-state index contributed by atoms with van der Waals surface area (Å²) in [5.41, 5.74) is 1.01. The summed E-state index contributed by atoms with van der Waals surface area (Å²) in [6, 6.07) is 9.76. The summed E-state index contributed by atoms with van der Waals surface area (Å²) < 4.78 is 5.50. The number of hydrogen-bond donors (Lipinski definition) is 0. The molecule has 1 aromatic carbocycles. The first-order valence-corrected chi connectivity index (χ1v) is 6.48. The Labute approximate surface area is 110 Å². The van der Waals surface area contributed by atoms with Crippen molar-refractivity contribution in [2.75, 3.05) is 0 Å². The van der Waals surface area contributed by atoms with E-state index in [1.165, 1.54) is 0 Å². The number of rotatable bonds is 6. The van der Waals surface area contributed by atoms with E-state index in [2.05, 4.69) is 13.5 Å². The quantitative estimate of drug-likeness (QED) is 0.557. The molecule has 0 N–H and O–H groups in total. The molecule has 3 atom stereocenters. The van der Waals surface area contributed by atoms with Gasteiger partial charge in [-0.1, -0.05) is 56.7 Å². The monoisotopic (exact) mass is 246 g/mol. The minimum absolute atomic E-state index is 0.185. The average molecular weight is 246 g/mol. The van der Waals surface area contributed by atoms with Gasteiger partial charge in [0, 0.05) is 0 Å². The Morgan fingerprint density at radius 2 is 1.94 bits per heavy atom. The summed E-state index contributed by atoms with van der Waals surface area (Å²) >= 11 is 0. The summed E-state index contributed by atoms with van der Waals surface area (Å²) in [7, 11) is 0. The molecule has 3 unspecified atom stereocenters. The average Bonchev–Trinajstić information content (AvgIpc) is 2.40. The fourth-order valence-electron chi connectivity index (χ4n) is 1.86. The molecule has 0 saturated heterocycles. The maximum atomic E-state index is 12.1. The molecule has 18 heavy (non-hydrogen) atoms. The second-order valence-corrected chi connectivity index (χ2v) is 4.64. The Morgan fingerprint density at radius 1 is 1.33 bits per heavy atom. The van der Waals surface area contributed by atoms with Gasteiger partial charge in [-0.2, -0.15) is 0 Å². The summed E-state index contributed by atoms with van der Waals surface area (Å²) in [6.07, 6.45) is 2.41. The van der Waals surface area contributed by atoms with Gasteiger partial charge < -0.3 is 4.74 Å². The third kappa shape index (κ3) is 3.73. The predicted molar refractivity (Wildman–Crippen MR) is 74.1 cm³/mol. The first-order valence-electron chi connectivity index (χ1n) is 6.48. The summed E-state index contributed by atoms with van der Waals surface area (Å²) in [6.45, 7) is 9.73. The van der Waals surface area contributed by atoms with Gasteiger partial charge >= 0.3 is 5.97 Å². The van der Waals surface area contributed by atoms with E-state index < -0.39 is 0 Å². The van der Waals surface area contributed by atoms with Crippen molar-refractivity contribution in [2.45, 2.75) is 33.3 Å². The van der Waals surface area contributed by atoms with E-state index >= 15 is 0 Å². The molecule has 1 rings (SSSR count). The fourth-order valence-corrected chi connectivity index (χ4v) is 1.86. The van der Waals surface area contributed by atoms with Crippen LogP contribution in [0.3, 0.4) is 0 Å². The van der Waals surface area contributed by atoms with E-state index in [1.54, 1.807) is 6.08 Å². The van der Waals surface area contributed by atoms with Gasteiger partial charge in [0.25, 0.3) is 0 Å². The van der Waals surface area contributed by atoms with Crippen LogP contribution in [0.15, 0.2) is 43.0 Å². The summed E-state index contributed by atoms with van der Waals surface area (Å²) in [5, 5.41) is 0. The van der Waals surface area contributed by atoms with Crippen LogP contribution in [0.2, 0.25) is 0 Å². The van der Waals surface area contributed by atoms with Gasteiger partial charge in [-0.05, 0) is 18.4 Å². The lowest BCUT2D eigenvalue weighted by molar-refractivity contribution is -0.153. The van der Waals surface area contributed by atoms with E-state index in [0.29, 0.717) is 0 Å². The molecule has 1 aromatic rings. The van der Waals surface area contributed by atoms with Gasteiger partial charge in [-0.3, -0.25) is 4.79 Å². The molecule has 0 aromatic heterocycles. The van der Waals surface area contributed by atoms with Gasteiger partial charge in [-0.25, -0.2) is 0 Å². The number of esters is 1. The topological polar surface area (TPSA) is 26.3 Å². The van der Waals surface area contributed by atoms with Gasteiger partial charge in [0.2, 0.25) is 0 Å². The number of benzene rings is 1. The van der Waals surface area contributed by atoms with E-state index in [9.17, 15) is 4.79 Å². The molecular weight excluding hydrogens is 224 g/mol. The highest BCUT2D eigenvalue weighted by molar-refractivity contribution is 5.75. The van der Waals surface area contributed by atoms with Crippen LogP contribution in [0.1, 0.15) is 38.9 Å². The van der Waals surface area contributed by atoms with Crippen molar-refractivity contribution in [1.82, 2.24) is 0 Å². The first-order chi connectivity index (χ1) is 8.60. The van der Waals surface area contributed by atoms with Crippen molar-refractivity contribution in [2.24, 2.45) is 11.8 Å². The Morgan fingerprint density at radius 3 is 2.44 bits per heavy atom. The van der Waals surface area contributed by atoms with Crippen LogP contribution < -0.4 is 0 Å². The molecule has 2 heteroatoms. The largest absolute Gasteiger partial charge is 0.457 e. The maximum absolute atomic E-state index is 12.1. The van der Waals surface area contributed by atoms with Gasteiger partial charge in [-0.15, -0.1) is 6.58 Å². The van der Waals surface area contributed by atoms with E-state index in [-0.39, 0.29) is 23.9 Å². The van der Waals surface area contributed by atoms with E-state index in [4.69, 9.17) is 4.74 Å². The van der Waals surface area contributed by atoms with Crippen molar-refractivity contribution in [3.63, 3.8) is 0 Å². The molecule has 0 amide bonds. The van der Waals surface area contributed by atoms with Crippen LogP contribution in [0.5, 0.6) is 0 Å². The normalized spacial score (nSPS) is 15.5. The van der Waals surface area contributed by atoms with Crippen LogP contribution in [-0.4, -0.2) is 5.97 Å². The fraction of sp³-hybridized carbons (Fsp3) is 0.438. The van der Waals surface area contributed by atoms with Gasteiger partial charge in [0.15, 0.2) is 0 Å². The third-order valence-corrected chi connectivity index (χ3v) is 3.35. The number of ether oxygens (including phenoxy) is 1. The van der Waals surface area contributed by atoms with Crippen LogP contribution in [0.4, 0.5) is 0 Å². The van der Waals surface area contributed by atoms with Crippen molar-refractivity contribution in [3.05, 3.63) is 48.6 Å². The Bertz CT molecular complexity index is 383. The molecule has 0 aliphatic carbocycles. The lowest BCUT2D eigenvalue weighted by atomic mass is 9.92. The molecule has 0 fully saturated rings. The molecule has 0 saturated carbocycles. The first kappa shape index (κ1) is 14.5. The number of carbonyl (C=O) groups excluding carboxylic acids is 1. The smallest absolute Gasteiger partial charge is 0.313 e. The number of hydrogen-bond acceptors (Lipinski definition) is 2. The van der Waals surface area contributed by atoms with E-state index in [1.807, 2.05) is 44.2 Å². The zero-order chi connectivity index (χ0) is 13.5. The van der Waals surface area contributed by atoms with Crippen molar-refractivity contribution >= 4 is 5.97 Å². The SMILES string of the molecule is C=CC(C(=O)OC(C)c1ccccc1)C(C)CC. The lowest BCUT2D eigenvalue weighted by Crippen LogP contribution is -2.23. The standard InChI is InChI=1S/C16H22O2/c1-5-12(3)15(6-2)16(17)18-13(4)14-10-8-7-9-11-14/h6-13,15H,2,5H2,1,3-4H3. The molecule has 98 valence electrons. The Hall–Kier alpha value is -1.57. The highest BCUT2D eigenvalue weighted by atomic mass is 16.5. The van der Waals surface area contributed by atoms with Crippen LogP contribution in [-0.2, 0) is 9.53 Å². The van der Waals surface area contributed by atoms with Crippen LogP contribution in [0.25, 0.3) is 0 Å². The minimum Gasteiger partial charge on any atom is -0.457 e. The third-order valence-electron chi connectivity index (χ3n) is 3.35. The lowest BCUT2D eigenvalue weighted by Gasteiger charge is -2.21. The van der Waals surface area contributed by atoms with Gasteiger partial charge in [0.1, 0.15) is 6.10 Å². The molecule has 0 spiro atoms. The maximum Gasteiger partial charge on any atom is 0.313 e. The molecule has 0 heterocycles.